The van der Waals surface area contributed by atoms with Gasteiger partial charge in [-0.25, -0.2) is 0 Å². The second-order valence-corrected chi connectivity index (χ2v) is 10.3. The Bertz CT molecular complexity index is 1600. The minimum Gasteiger partial charge on any atom is -0.488 e. The second-order valence-electron chi connectivity index (χ2n) is 8.44. The third-order valence-corrected chi connectivity index (χ3v) is 7.16. The number of carbonyl (C=O) groups is 3. The zero-order valence-corrected chi connectivity index (χ0v) is 22.1. The van der Waals surface area contributed by atoms with Crippen molar-refractivity contribution in [1.29, 1.82) is 0 Å². The number of rotatable bonds is 7. The standard InChI is InChI=1S/C29H20Cl2N2O4S/c30-21-8-3-5-18(13-21)17-37-25-12-11-22(31)14-20(25)15-26-28(35)33(29(36)38-26)16-27(34)32-24-10-4-7-19-6-1-2-9-23(19)24/h1-15H,16-17H2,(H,32,34)/b26-15+. The Labute approximate surface area is 233 Å². The van der Waals surface area contributed by atoms with E-state index >= 15 is 0 Å². The number of imide groups is 1. The van der Waals surface area contributed by atoms with Crippen LogP contribution in [-0.2, 0) is 16.2 Å². The molecule has 1 aliphatic rings. The molecule has 190 valence electrons. The SMILES string of the molecule is O=C(CN1C(=O)S/C(=C/c2cc(Cl)ccc2OCc2cccc(Cl)c2)C1=O)Nc1cccc2ccccc12. The van der Waals surface area contributed by atoms with Crippen molar-refractivity contribution in [2.24, 2.45) is 0 Å². The Morgan fingerprint density at radius 3 is 2.53 bits per heavy atom. The first-order valence-electron chi connectivity index (χ1n) is 11.6. The van der Waals surface area contributed by atoms with Gasteiger partial charge in [0.1, 0.15) is 18.9 Å². The van der Waals surface area contributed by atoms with Crippen LogP contribution in [0.2, 0.25) is 10.0 Å². The van der Waals surface area contributed by atoms with Gasteiger partial charge in [-0.3, -0.25) is 19.3 Å². The smallest absolute Gasteiger partial charge is 0.294 e. The summed E-state index contributed by atoms with van der Waals surface area (Å²) in [5.74, 6) is -0.554. The van der Waals surface area contributed by atoms with Crippen LogP contribution >= 0.6 is 35.0 Å². The number of nitrogens with zero attached hydrogens (tertiary/aromatic N) is 1. The largest absolute Gasteiger partial charge is 0.488 e. The third kappa shape index (κ3) is 5.86. The summed E-state index contributed by atoms with van der Waals surface area (Å²) in [5.41, 5.74) is 2.01. The van der Waals surface area contributed by atoms with Gasteiger partial charge >= 0.3 is 0 Å². The lowest BCUT2D eigenvalue weighted by Crippen LogP contribution is -2.36. The molecule has 1 saturated heterocycles. The van der Waals surface area contributed by atoms with Crippen LogP contribution in [0.1, 0.15) is 11.1 Å². The Morgan fingerprint density at radius 2 is 1.68 bits per heavy atom. The summed E-state index contributed by atoms with van der Waals surface area (Å²) < 4.78 is 5.95. The summed E-state index contributed by atoms with van der Waals surface area (Å²) in [6.45, 7) is -0.155. The van der Waals surface area contributed by atoms with Gasteiger partial charge in [0.2, 0.25) is 5.91 Å². The normalized spacial score (nSPS) is 14.4. The fraction of sp³-hybridized carbons (Fsp3) is 0.0690. The highest BCUT2D eigenvalue weighted by atomic mass is 35.5. The number of hydrogen-bond acceptors (Lipinski definition) is 5. The maximum atomic E-state index is 13.1. The molecular formula is C29H20Cl2N2O4S. The molecule has 0 atom stereocenters. The molecule has 1 fully saturated rings. The molecule has 0 unspecified atom stereocenters. The molecule has 0 radical (unpaired) electrons. The van der Waals surface area contributed by atoms with E-state index in [2.05, 4.69) is 5.32 Å². The molecule has 4 aromatic rings. The average molecular weight is 563 g/mol. The first-order valence-corrected chi connectivity index (χ1v) is 13.1. The van der Waals surface area contributed by atoms with E-state index in [0.717, 1.165) is 33.0 Å². The van der Waals surface area contributed by atoms with Crippen molar-refractivity contribution in [3.8, 4) is 5.75 Å². The van der Waals surface area contributed by atoms with E-state index < -0.39 is 23.6 Å². The molecule has 9 heteroatoms. The maximum absolute atomic E-state index is 13.1. The Balaban J connectivity index is 1.31. The first kappa shape index (κ1) is 25.9. The van der Waals surface area contributed by atoms with Crippen LogP contribution in [0.25, 0.3) is 16.8 Å². The van der Waals surface area contributed by atoms with Crippen LogP contribution in [0.15, 0.2) is 89.8 Å². The number of halogens is 2. The lowest BCUT2D eigenvalue weighted by Gasteiger charge is -2.14. The van der Waals surface area contributed by atoms with Gasteiger partial charge in [0.15, 0.2) is 0 Å². The maximum Gasteiger partial charge on any atom is 0.294 e. The summed E-state index contributed by atoms with van der Waals surface area (Å²) in [6, 6.07) is 25.5. The van der Waals surface area contributed by atoms with Crippen LogP contribution in [0.3, 0.4) is 0 Å². The van der Waals surface area contributed by atoms with E-state index in [4.69, 9.17) is 27.9 Å². The highest BCUT2D eigenvalue weighted by Crippen LogP contribution is 2.35. The number of fused-ring (bicyclic) bond motifs is 1. The summed E-state index contributed by atoms with van der Waals surface area (Å²) in [5, 5.41) is 5.15. The van der Waals surface area contributed by atoms with E-state index in [-0.39, 0.29) is 11.5 Å². The molecule has 38 heavy (non-hydrogen) atoms. The summed E-state index contributed by atoms with van der Waals surface area (Å²) in [4.78, 5) is 39.6. The number of nitrogens with one attached hydrogen (secondary N) is 1. The van der Waals surface area contributed by atoms with Crippen molar-refractivity contribution in [2.75, 3.05) is 11.9 Å². The predicted octanol–water partition coefficient (Wildman–Crippen LogP) is 7.40. The van der Waals surface area contributed by atoms with Crippen molar-refractivity contribution in [2.45, 2.75) is 6.61 Å². The van der Waals surface area contributed by atoms with Gasteiger partial charge in [0.05, 0.1) is 4.91 Å². The van der Waals surface area contributed by atoms with E-state index in [1.54, 1.807) is 42.5 Å². The lowest BCUT2D eigenvalue weighted by atomic mass is 10.1. The zero-order chi connectivity index (χ0) is 26.6. The van der Waals surface area contributed by atoms with Crippen LogP contribution in [0.4, 0.5) is 10.5 Å². The predicted molar refractivity (Wildman–Crippen MR) is 152 cm³/mol. The van der Waals surface area contributed by atoms with Crippen LogP contribution in [0.5, 0.6) is 5.75 Å². The molecule has 5 rings (SSSR count). The quantitative estimate of drug-likeness (QED) is 0.237. The van der Waals surface area contributed by atoms with Gasteiger partial charge in [-0.05, 0) is 65.2 Å². The molecule has 1 N–H and O–H groups in total. The zero-order valence-electron chi connectivity index (χ0n) is 19.8. The Kier molecular flexibility index (Phi) is 7.69. The van der Waals surface area contributed by atoms with Crippen LogP contribution < -0.4 is 10.1 Å². The molecular weight excluding hydrogens is 543 g/mol. The average Bonchev–Trinajstić information content (AvgIpc) is 3.15. The van der Waals surface area contributed by atoms with Crippen LogP contribution in [0, 0.1) is 0 Å². The monoisotopic (exact) mass is 562 g/mol. The highest BCUT2D eigenvalue weighted by molar-refractivity contribution is 8.18. The highest BCUT2D eigenvalue weighted by Gasteiger charge is 2.36. The lowest BCUT2D eigenvalue weighted by molar-refractivity contribution is -0.127. The minimum atomic E-state index is -0.561. The molecule has 4 aromatic carbocycles. The molecule has 0 spiro atoms. The molecule has 0 aliphatic carbocycles. The number of thioether (sulfide) groups is 1. The topological polar surface area (TPSA) is 75.7 Å². The second kappa shape index (κ2) is 11.3. The van der Waals surface area contributed by atoms with Crippen molar-refractivity contribution < 1.29 is 19.1 Å². The molecule has 1 aliphatic heterocycles. The van der Waals surface area contributed by atoms with Crippen molar-refractivity contribution in [3.63, 3.8) is 0 Å². The number of benzene rings is 4. The van der Waals surface area contributed by atoms with Gasteiger partial charge < -0.3 is 10.1 Å². The number of carbonyl (C=O) groups excluding carboxylic acids is 3. The fourth-order valence-electron chi connectivity index (χ4n) is 4.00. The van der Waals surface area contributed by atoms with Gasteiger partial charge in [0, 0.05) is 26.7 Å². The van der Waals surface area contributed by atoms with E-state index in [9.17, 15) is 14.4 Å². The Morgan fingerprint density at radius 1 is 0.921 bits per heavy atom. The molecule has 0 aromatic heterocycles. The number of amides is 3. The fourth-order valence-corrected chi connectivity index (χ4v) is 5.22. The summed E-state index contributed by atoms with van der Waals surface area (Å²) in [7, 11) is 0. The van der Waals surface area contributed by atoms with E-state index in [1.165, 1.54) is 0 Å². The number of hydrogen-bond donors (Lipinski definition) is 1. The van der Waals surface area contributed by atoms with Gasteiger partial charge in [0.25, 0.3) is 11.1 Å². The van der Waals surface area contributed by atoms with E-state index in [1.807, 2.05) is 48.5 Å². The van der Waals surface area contributed by atoms with Gasteiger partial charge in [-0.15, -0.1) is 0 Å². The van der Waals surface area contributed by atoms with Gasteiger partial charge in [-0.1, -0.05) is 71.7 Å². The third-order valence-electron chi connectivity index (χ3n) is 5.78. The number of anilines is 1. The molecule has 6 nitrogen and oxygen atoms in total. The Hall–Kier alpha value is -3.78. The van der Waals surface area contributed by atoms with Crippen molar-refractivity contribution in [1.82, 2.24) is 4.90 Å². The minimum absolute atomic E-state index is 0.169. The van der Waals surface area contributed by atoms with Crippen LogP contribution in [-0.4, -0.2) is 28.5 Å². The first-order chi connectivity index (χ1) is 18.4. The van der Waals surface area contributed by atoms with Crippen molar-refractivity contribution in [3.05, 3.63) is 111 Å². The van der Waals surface area contributed by atoms with Gasteiger partial charge in [-0.2, -0.15) is 0 Å². The molecule has 0 saturated carbocycles. The summed E-state index contributed by atoms with van der Waals surface area (Å²) >= 11 is 13.0. The number of ether oxygens (including phenoxy) is 1. The summed E-state index contributed by atoms with van der Waals surface area (Å²) in [6.07, 6.45) is 1.55. The van der Waals surface area contributed by atoms with Crippen molar-refractivity contribution >= 4 is 74.6 Å². The molecule has 3 amide bonds. The van der Waals surface area contributed by atoms with E-state index in [0.29, 0.717) is 27.0 Å². The molecule has 0 bridgehead atoms. The molecule has 1 heterocycles.